The molecule has 1 amide bonds. The van der Waals surface area contributed by atoms with Crippen LogP contribution in [-0.4, -0.2) is 27.9 Å². The Balaban J connectivity index is 1.75. The number of carboxylic acids is 1. The molecule has 2 unspecified atom stereocenters. The third-order valence-electron chi connectivity index (χ3n) is 5.06. The van der Waals surface area contributed by atoms with Gasteiger partial charge in [0.15, 0.2) is 0 Å². The van der Waals surface area contributed by atoms with Crippen molar-refractivity contribution in [2.24, 2.45) is 5.92 Å². The molecule has 0 bridgehead atoms. The van der Waals surface area contributed by atoms with Crippen molar-refractivity contribution in [1.82, 2.24) is 4.90 Å². The minimum Gasteiger partial charge on any atom is -0.480 e. The fourth-order valence-electron chi connectivity index (χ4n) is 3.53. The number of carbonyl (C=O) groups is 2. The first-order chi connectivity index (χ1) is 13.2. The summed E-state index contributed by atoms with van der Waals surface area (Å²) in [6.45, 7) is 1.88. The Bertz CT molecular complexity index is 877. The number of halogens is 3. The van der Waals surface area contributed by atoms with Crippen LogP contribution < -0.4 is 0 Å². The second-order valence-electron chi connectivity index (χ2n) is 7.09. The van der Waals surface area contributed by atoms with Crippen molar-refractivity contribution in [3.8, 4) is 0 Å². The predicted octanol–water partition coefficient (Wildman–Crippen LogP) is 3.92. The first kappa shape index (κ1) is 19.9. The molecular formula is C21H20F3NO3. The summed E-state index contributed by atoms with van der Waals surface area (Å²) in [6.07, 6.45) is -3.93. The average molecular weight is 391 g/mol. The number of benzene rings is 2. The van der Waals surface area contributed by atoms with Crippen LogP contribution in [0.4, 0.5) is 13.2 Å². The minimum atomic E-state index is -4.41. The Morgan fingerprint density at radius 1 is 1.11 bits per heavy atom. The maximum Gasteiger partial charge on any atom is 0.416 e. The number of fused-ring (bicyclic) bond motifs is 1. The van der Waals surface area contributed by atoms with E-state index in [0.29, 0.717) is 5.56 Å². The van der Waals surface area contributed by atoms with E-state index in [1.165, 1.54) is 17.0 Å². The van der Waals surface area contributed by atoms with Crippen molar-refractivity contribution >= 4 is 11.9 Å². The molecule has 0 fully saturated rings. The van der Waals surface area contributed by atoms with E-state index in [2.05, 4.69) is 0 Å². The highest BCUT2D eigenvalue weighted by molar-refractivity contribution is 5.86. The van der Waals surface area contributed by atoms with Crippen LogP contribution in [0.25, 0.3) is 0 Å². The molecule has 0 saturated carbocycles. The lowest BCUT2D eigenvalue weighted by molar-refractivity contribution is -0.153. The largest absolute Gasteiger partial charge is 0.480 e. The summed E-state index contributed by atoms with van der Waals surface area (Å²) in [6, 6.07) is 11.1. The molecule has 28 heavy (non-hydrogen) atoms. The van der Waals surface area contributed by atoms with Gasteiger partial charge in [-0.15, -0.1) is 0 Å². The maximum absolute atomic E-state index is 12.9. The lowest BCUT2D eigenvalue weighted by Crippen LogP contribution is -2.50. The summed E-state index contributed by atoms with van der Waals surface area (Å²) >= 11 is 0. The smallest absolute Gasteiger partial charge is 0.416 e. The van der Waals surface area contributed by atoms with Crippen molar-refractivity contribution in [2.75, 3.05) is 0 Å². The van der Waals surface area contributed by atoms with Crippen LogP contribution in [0, 0.1) is 5.92 Å². The molecule has 1 aliphatic rings. The Morgan fingerprint density at radius 2 is 1.71 bits per heavy atom. The van der Waals surface area contributed by atoms with Gasteiger partial charge in [0.1, 0.15) is 6.04 Å². The van der Waals surface area contributed by atoms with Gasteiger partial charge in [-0.05, 0) is 35.2 Å². The number of hydrogen-bond donors (Lipinski definition) is 1. The van der Waals surface area contributed by atoms with Crippen LogP contribution >= 0.6 is 0 Å². The van der Waals surface area contributed by atoms with Gasteiger partial charge in [-0.1, -0.05) is 43.3 Å². The predicted molar refractivity (Wildman–Crippen MR) is 96.4 cm³/mol. The number of hydrogen-bond acceptors (Lipinski definition) is 2. The zero-order valence-electron chi connectivity index (χ0n) is 15.2. The Morgan fingerprint density at radius 3 is 2.29 bits per heavy atom. The van der Waals surface area contributed by atoms with E-state index in [9.17, 15) is 27.9 Å². The highest BCUT2D eigenvalue weighted by Crippen LogP contribution is 2.30. The standard InChI is InChI=1S/C21H20F3NO3/c1-13(10-14-6-8-17(9-7-14)21(22,23)24)19(26)25-12-16-5-3-2-4-15(16)11-18(25)20(27)28/h2-9,13,18H,10-12H2,1H3,(H,27,28). The van der Waals surface area contributed by atoms with E-state index < -0.39 is 29.7 Å². The van der Waals surface area contributed by atoms with Gasteiger partial charge in [0.25, 0.3) is 0 Å². The number of nitrogens with zero attached hydrogens (tertiary/aromatic N) is 1. The molecule has 2 aromatic carbocycles. The van der Waals surface area contributed by atoms with Crippen LogP contribution in [0.2, 0.25) is 0 Å². The summed E-state index contributed by atoms with van der Waals surface area (Å²) in [5.74, 6) is -1.93. The molecule has 4 nitrogen and oxygen atoms in total. The van der Waals surface area contributed by atoms with E-state index in [1.54, 1.807) is 6.92 Å². The second-order valence-corrected chi connectivity index (χ2v) is 7.09. The van der Waals surface area contributed by atoms with E-state index in [4.69, 9.17) is 0 Å². The van der Waals surface area contributed by atoms with Crippen molar-refractivity contribution in [1.29, 1.82) is 0 Å². The van der Waals surface area contributed by atoms with Gasteiger partial charge in [-0.2, -0.15) is 13.2 Å². The molecule has 0 aromatic heterocycles. The molecule has 148 valence electrons. The molecule has 1 aliphatic heterocycles. The first-order valence-electron chi connectivity index (χ1n) is 8.93. The van der Waals surface area contributed by atoms with Crippen LogP contribution in [0.15, 0.2) is 48.5 Å². The normalized spacial score (nSPS) is 17.7. The summed E-state index contributed by atoms with van der Waals surface area (Å²) in [5.41, 5.74) is 1.68. The zero-order valence-corrected chi connectivity index (χ0v) is 15.2. The molecular weight excluding hydrogens is 371 g/mol. The molecule has 7 heteroatoms. The van der Waals surface area contributed by atoms with Crippen LogP contribution in [0.1, 0.15) is 29.2 Å². The van der Waals surface area contributed by atoms with Crippen LogP contribution in [0.3, 0.4) is 0 Å². The van der Waals surface area contributed by atoms with Gasteiger partial charge in [-0.25, -0.2) is 4.79 Å². The van der Waals surface area contributed by atoms with Gasteiger partial charge in [0.2, 0.25) is 5.91 Å². The maximum atomic E-state index is 12.9. The molecule has 1 N–H and O–H groups in total. The van der Waals surface area contributed by atoms with Crippen molar-refractivity contribution in [2.45, 2.75) is 38.5 Å². The molecule has 0 aliphatic carbocycles. The number of rotatable bonds is 4. The van der Waals surface area contributed by atoms with Gasteiger partial charge >= 0.3 is 12.1 Å². The molecule has 3 rings (SSSR count). The van der Waals surface area contributed by atoms with Crippen molar-refractivity contribution < 1.29 is 27.9 Å². The van der Waals surface area contributed by atoms with E-state index in [0.717, 1.165) is 23.3 Å². The summed E-state index contributed by atoms with van der Waals surface area (Å²) in [7, 11) is 0. The highest BCUT2D eigenvalue weighted by Gasteiger charge is 2.36. The molecule has 0 saturated heterocycles. The summed E-state index contributed by atoms with van der Waals surface area (Å²) < 4.78 is 38.0. The Labute approximate surface area is 160 Å². The van der Waals surface area contributed by atoms with E-state index in [-0.39, 0.29) is 25.3 Å². The SMILES string of the molecule is CC(Cc1ccc(C(F)(F)F)cc1)C(=O)N1Cc2ccccc2CC1C(=O)O. The number of carboxylic acid groups (broad SMARTS) is 1. The third-order valence-corrected chi connectivity index (χ3v) is 5.06. The van der Waals surface area contributed by atoms with Gasteiger partial charge in [0.05, 0.1) is 5.56 Å². The zero-order chi connectivity index (χ0) is 20.5. The quantitative estimate of drug-likeness (QED) is 0.860. The summed E-state index contributed by atoms with van der Waals surface area (Å²) in [4.78, 5) is 26.0. The molecule has 2 aromatic rings. The van der Waals surface area contributed by atoms with E-state index in [1.807, 2.05) is 24.3 Å². The van der Waals surface area contributed by atoms with Crippen molar-refractivity contribution in [3.05, 3.63) is 70.8 Å². The van der Waals surface area contributed by atoms with Crippen molar-refractivity contribution in [3.63, 3.8) is 0 Å². The Kier molecular flexibility index (Phi) is 5.45. The van der Waals surface area contributed by atoms with Gasteiger partial charge in [0, 0.05) is 18.9 Å². The molecule has 0 spiro atoms. The Hall–Kier alpha value is -2.83. The molecule has 1 heterocycles. The molecule has 2 atom stereocenters. The minimum absolute atomic E-state index is 0.212. The number of carbonyl (C=O) groups excluding carboxylic acids is 1. The monoisotopic (exact) mass is 391 g/mol. The first-order valence-corrected chi connectivity index (χ1v) is 8.93. The fraction of sp³-hybridized carbons (Fsp3) is 0.333. The van der Waals surface area contributed by atoms with Crippen LogP contribution in [0.5, 0.6) is 0 Å². The lowest BCUT2D eigenvalue weighted by atomic mass is 9.91. The van der Waals surface area contributed by atoms with Gasteiger partial charge in [-0.3, -0.25) is 4.79 Å². The third kappa shape index (κ3) is 4.18. The van der Waals surface area contributed by atoms with Crippen LogP contribution in [-0.2, 0) is 35.2 Å². The van der Waals surface area contributed by atoms with Gasteiger partial charge < -0.3 is 10.0 Å². The topological polar surface area (TPSA) is 57.6 Å². The number of amides is 1. The highest BCUT2D eigenvalue weighted by atomic mass is 19.4. The average Bonchev–Trinajstić information content (AvgIpc) is 2.66. The summed E-state index contributed by atoms with van der Waals surface area (Å²) in [5, 5.41) is 9.56. The number of alkyl halides is 3. The second kappa shape index (κ2) is 7.66. The fourth-order valence-corrected chi connectivity index (χ4v) is 3.53. The van der Waals surface area contributed by atoms with E-state index >= 15 is 0 Å². The molecule has 0 radical (unpaired) electrons. The lowest BCUT2D eigenvalue weighted by Gasteiger charge is -2.36. The number of aliphatic carboxylic acids is 1.